The van der Waals surface area contributed by atoms with Gasteiger partial charge in [0.25, 0.3) is 10.0 Å². The second-order valence-corrected chi connectivity index (χ2v) is 9.69. The van der Waals surface area contributed by atoms with Gasteiger partial charge in [0, 0.05) is 12.6 Å². The van der Waals surface area contributed by atoms with Gasteiger partial charge in [-0.3, -0.25) is 0 Å². The monoisotopic (exact) mass is 380 g/mol. The smallest absolute Gasteiger partial charge is 0.252 e. The first-order valence-electron chi connectivity index (χ1n) is 6.98. The van der Waals surface area contributed by atoms with Crippen molar-refractivity contribution >= 4 is 37.3 Å². The van der Waals surface area contributed by atoms with E-state index in [0.717, 1.165) is 29.5 Å². The van der Waals surface area contributed by atoms with Gasteiger partial charge in [-0.25, -0.2) is 8.42 Å². The lowest BCUT2D eigenvalue weighted by Crippen LogP contribution is -2.47. The Hall–Kier alpha value is 0.0500. The second-order valence-electron chi connectivity index (χ2n) is 5.11. The summed E-state index contributed by atoms with van der Waals surface area (Å²) >= 11 is 4.60. The summed E-state index contributed by atoms with van der Waals surface area (Å²) in [6.45, 7) is 2.96. The molecule has 0 spiro atoms. The Bertz CT molecular complexity index is 544. The van der Waals surface area contributed by atoms with Gasteiger partial charge >= 0.3 is 0 Å². The van der Waals surface area contributed by atoms with Gasteiger partial charge in [-0.1, -0.05) is 19.8 Å². The molecule has 20 heavy (non-hydrogen) atoms. The fraction of sp³-hybridized carbons (Fsp3) is 0.692. The molecule has 0 aromatic carbocycles. The van der Waals surface area contributed by atoms with Crippen molar-refractivity contribution in [3.8, 4) is 0 Å². The van der Waals surface area contributed by atoms with Gasteiger partial charge in [0.1, 0.15) is 4.21 Å². The fourth-order valence-corrected chi connectivity index (χ4v) is 6.84. The standard InChI is InChI=1S/C13H21BrN2O2S2/c1-2-16(11-6-4-3-5-10(11)9-15)20(17,18)13-8-7-12(14)19-13/h7-8,10-11H,2-6,9,15H2,1H3. The molecule has 0 radical (unpaired) electrons. The molecule has 1 heterocycles. The van der Waals surface area contributed by atoms with Crippen molar-refractivity contribution in [2.75, 3.05) is 13.1 Å². The fourth-order valence-electron chi connectivity index (χ4n) is 2.98. The molecule has 4 nitrogen and oxygen atoms in total. The van der Waals surface area contributed by atoms with Crippen LogP contribution in [0.4, 0.5) is 0 Å². The van der Waals surface area contributed by atoms with Gasteiger partial charge in [0.05, 0.1) is 3.79 Å². The number of thiophene rings is 1. The Balaban J connectivity index is 2.31. The largest absolute Gasteiger partial charge is 0.330 e. The van der Waals surface area contributed by atoms with Crippen molar-refractivity contribution in [1.82, 2.24) is 4.31 Å². The lowest BCUT2D eigenvalue weighted by molar-refractivity contribution is 0.188. The molecule has 114 valence electrons. The maximum Gasteiger partial charge on any atom is 0.252 e. The molecule has 1 saturated carbocycles. The third-order valence-corrected chi connectivity index (χ3v) is 8.06. The van der Waals surface area contributed by atoms with Crippen molar-refractivity contribution in [2.45, 2.75) is 42.9 Å². The van der Waals surface area contributed by atoms with E-state index in [1.807, 2.05) is 6.92 Å². The van der Waals surface area contributed by atoms with Crippen LogP contribution in [-0.2, 0) is 10.0 Å². The topological polar surface area (TPSA) is 63.4 Å². The predicted octanol–water partition coefficient (Wildman–Crippen LogP) is 3.04. The molecule has 1 aliphatic carbocycles. The van der Waals surface area contributed by atoms with Crippen LogP contribution in [0.2, 0.25) is 0 Å². The molecule has 0 amide bonds. The van der Waals surface area contributed by atoms with E-state index in [-0.39, 0.29) is 12.0 Å². The van der Waals surface area contributed by atoms with Crippen LogP contribution in [0.25, 0.3) is 0 Å². The molecule has 2 unspecified atom stereocenters. The minimum Gasteiger partial charge on any atom is -0.330 e. The van der Waals surface area contributed by atoms with Crippen LogP contribution in [0.3, 0.4) is 0 Å². The Labute approximate surface area is 133 Å². The van der Waals surface area contributed by atoms with Gasteiger partial charge in [-0.05, 0) is 53.4 Å². The summed E-state index contributed by atoms with van der Waals surface area (Å²) in [6, 6.07) is 3.50. The van der Waals surface area contributed by atoms with E-state index in [9.17, 15) is 8.42 Å². The molecule has 7 heteroatoms. The van der Waals surface area contributed by atoms with Gasteiger partial charge < -0.3 is 5.73 Å². The van der Waals surface area contributed by atoms with Crippen LogP contribution in [-0.4, -0.2) is 31.9 Å². The summed E-state index contributed by atoms with van der Waals surface area (Å²) in [5, 5.41) is 0. The number of sulfonamides is 1. The number of halogens is 1. The molecular formula is C13H21BrN2O2S2. The first-order chi connectivity index (χ1) is 9.50. The zero-order chi connectivity index (χ0) is 14.8. The van der Waals surface area contributed by atoms with Gasteiger partial charge in [-0.2, -0.15) is 4.31 Å². The van der Waals surface area contributed by atoms with E-state index in [2.05, 4.69) is 15.9 Å². The number of rotatable bonds is 5. The van der Waals surface area contributed by atoms with E-state index >= 15 is 0 Å². The third-order valence-electron chi connectivity index (χ3n) is 3.96. The molecule has 1 aromatic rings. The summed E-state index contributed by atoms with van der Waals surface area (Å²) in [7, 11) is -3.41. The highest BCUT2D eigenvalue weighted by Gasteiger charge is 2.36. The predicted molar refractivity (Wildman–Crippen MR) is 86.4 cm³/mol. The van der Waals surface area contributed by atoms with Crippen molar-refractivity contribution in [3.05, 3.63) is 15.9 Å². The quantitative estimate of drug-likeness (QED) is 0.853. The maximum absolute atomic E-state index is 12.8. The van der Waals surface area contributed by atoms with Gasteiger partial charge in [0.15, 0.2) is 0 Å². The third kappa shape index (κ3) is 3.27. The highest BCUT2D eigenvalue weighted by atomic mass is 79.9. The summed E-state index contributed by atoms with van der Waals surface area (Å²) < 4.78 is 28.5. The van der Waals surface area contributed by atoms with Crippen LogP contribution < -0.4 is 5.73 Å². The molecule has 0 saturated heterocycles. The van der Waals surface area contributed by atoms with E-state index in [0.29, 0.717) is 17.3 Å². The molecule has 0 bridgehead atoms. The van der Waals surface area contributed by atoms with Gasteiger partial charge in [-0.15, -0.1) is 11.3 Å². The molecular weight excluding hydrogens is 360 g/mol. The minimum absolute atomic E-state index is 0.0459. The average Bonchev–Trinajstić information content (AvgIpc) is 2.87. The van der Waals surface area contributed by atoms with Crippen molar-refractivity contribution in [3.63, 3.8) is 0 Å². The highest BCUT2D eigenvalue weighted by molar-refractivity contribution is 9.11. The Morgan fingerprint density at radius 3 is 2.65 bits per heavy atom. The minimum atomic E-state index is -3.41. The van der Waals surface area contributed by atoms with E-state index in [4.69, 9.17) is 5.73 Å². The van der Waals surface area contributed by atoms with Crippen LogP contribution in [0, 0.1) is 5.92 Å². The first kappa shape index (κ1) is 16.4. The maximum atomic E-state index is 12.8. The zero-order valence-electron chi connectivity index (χ0n) is 11.6. The summed E-state index contributed by atoms with van der Waals surface area (Å²) in [4.78, 5) is 0. The van der Waals surface area contributed by atoms with Crippen molar-refractivity contribution in [2.24, 2.45) is 11.7 Å². The SMILES string of the molecule is CCN(C1CCCCC1CN)S(=O)(=O)c1ccc(Br)s1. The lowest BCUT2D eigenvalue weighted by Gasteiger charge is -2.38. The molecule has 1 aliphatic rings. The van der Waals surface area contributed by atoms with Crippen LogP contribution in [0.5, 0.6) is 0 Å². The van der Waals surface area contributed by atoms with E-state index in [1.165, 1.54) is 11.3 Å². The Morgan fingerprint density at radius 1 is 1.40 bits per heavy atom. The van der Waals surface area contributed by atoms with E-state index < -0.39 is 10.0 Å². The number of nitrogens with two attached hydrogens (primary N) is 1. The van der Waals surface area contributed by atoms with Crippen LogP contribution in [0.15, 0.2) is 20.1 Å². The van der Waals surface area contributed by atoms with Crippen LogP contribution >= 0.6 is 27.3 Å². The zero-order valence-corrected chi connectivity index (χ0v) is 14.8. The molecule has 2 rings (SSSR count). The molecule has 2 N–H and O–H groups in total. The number of nitrogens with zero attached hydrogens (tertiary/aromatic N) is 1. The average molecular weight is 381 g/mol. The normalized spacial score (nSPS) is 24.2. The van der Waals surface area contributed by atoms with Gasteiger partial charge in [0.2, 0.25) is 0 Å². The summed E-state index contributed by atoms with van der Waals surface area (Å²) in [5.74, 6) is 0.280. The number of hydrogen-bond acceptors (Lipinski definition) is 4. The highest BCUT2D eigenvalue weighted by Crippen LogP contribution is 2.34. The molecule has 1 fully saturated rings. The molecule has 1 aromatic heterocycles. The van der Waals surface area contributed by atoms with Crippen molar-refractivity contribution < 1.29 is 8.42 Å². The molecule has 0 aliphatic heterocycles. The first-order valence-corrected chi connectivity index (χ1v) is 10.0. The van der Waals surface area contributed by atoms with E-state index in [1.54, 1.807) is 16.4 Å². The Kier molecular flexibility index (Phi) is 5.64. The second kappa shape index (κ2) is 6.87. The van der Waals surface area contributed by atoms with Crippen LogP contribution in [0.1, 0.15) is 32.6 Å². The Morgan fingerprint density at radius 2 is 2.10 bits per heavy atom. The lowest BCUT2D eigenvalue weighted by atomic mass is 9.84. The number of hydrogen-bond donors (Lipinski definition) is 1. The summed E-state index contributed by atoms with van der Waals surface area (Å²) in [5.41, 5.74) is 5.85. The van der Waals surface area contributed by atoms with Crippen molar-refractivity contribution in [1.29, 1.82) is 0 Å². The molecule has 2 atom stereocenters. The summed E-state index contributed by atoms with van der Waals surface area (Å²) in [6.07, 6.45) is 4.19.